The van der Waals surface area contributed by atoms with Crippen LogP contribution in [0.25, 0.3) is 0 Å². The van der Waals surface area contributed by atoms with Crippen LogP contribution >= 0.6 is 0 Å². The van der Waals surface area contributed by atoms with E-state index >= 15 is 0 Å². The maximum Gasteiger partial charge on any atom is 0.294 e. The van der Waals surface area contributed by atoms with Crippen LogP contribution in [0, 0.1) is 5.21 Å². The van der Waals surface area contributed by atoms with Gasteiger partial charge in [-0.3, -0.25) is 4.74 Å². The fourth-order valence-electron chi connectivity index (χ4n) is 1.86. The number of benzene rings is 1. The first-order chi connectivity index (χ1) is 7.03. The number of rotatable bonds is 1. The molecule has 1 aliphatic rings. The molecule has 3 nitrogen and oxygen atoms in total. The minimum Gasteiger partial charge on any atom is -0.714 e. The molecule has 0 saturated heterocycles. The lowest BCUT2D eigenvalue weighted by molar-refractivity contribution is -0.513. The van der Waals surface area contributed by atoms with Crippen molar-refractivity contribution in [2.45, 2.75) is 26.3 Å². The fourth-order valence-corrected chi connectivity index (χ4v) is 1.86. The highest BCUT2D eigenvalue weighted by Gasteiger charge is 2.40. The fraction of sp³-hybridized carbons (Fsp3) is 0.333. The lowest BCUT2D eigenvalue weighted by Gasteiger charge is -2.23. The van der Waals surface area contributed by atoms with Crippen LogP contribution < -0.4 is 0 Å². The van der Waals surface area contributed by atoms with Crippen LogP contribution in [-0.4, -0.2) is 21.8 Å². The third kappa shape index (κ3) is 1.44. The van der Waals surface area contributed by atoms with E-state index in [0.717, 1.165) is 16.0 Å². The van der Waals surface area contributed by atoms with Gasteiger partial charge in [-0.15, -0.1) is 0 Å². The van der Waals surface area contributed by atoms with Crippen LogP contribution in [0.15, 0.2) is 35.3 Å². The van der Waals surface area contributed by atoms with Crippen molar-refractivity contribution in [3.63, 3.8) is 0 Å². The van der Waals surface area contributed by atoms with E-state index in [0.29, 0.717) is 5.84 Å². The molecule has 0 spiro atoms. The topological polar surface area (TPSA) is 38.4 Å². The Morgan fingerprint density at radius 1 is 1.20 bits per heavy atom. The Bertz CT molecular complexity index is 444. The molecule has 78 valence electrons. The quantitative estimate of drug-likeness (QED) is 0.508. The Hall–Kier alpha value is -1.64. The van der Waals surface area contributed by atoms with E-state index in [4.69, 9.17) is 0 Å². The summed E-state index contributed by atoms with van der Waals surface area (Å²) in [6, 6.07) is 9.82. The van der Waals surface area contributed by atoms with E-state index < -0.39 is 5.54 Å². The van der Waals surface area contributed by atoms with Gasteiger partial charge in [0.05, 0.1) is 0 Å². The first-order valence-corrected chi connectivity index (χ1v) is 4.99. The molecule has 15 heavy (non-hydrogen) atoms. The van der Waals surface area contributed by atoms with Crippen LogP contribution in [0.2, 0.25) is 0 Å². The monoisotopic (exact) mass is 202 g/mol. The maximum absolute atomic E-state index is 11.8. The Morgan fingerprint density at radius 2 is 1.80 bits per heavy atom. The standard InChI is InChI=1S/C12H14N2O/c1-9-13-11(12(2,3)14(9)15)10-7-5-4-6-8-10/h4-8H,1-3H3. The Labute approximate surface area is 89.4 Å². The number of hydroxylamine groups is 1. The Balaban J connectivity index is 2.48. The van der Waals surface area contributed by atoms with Crippen LogP contribution in [0.3, 0.4) is 0 Å². The number of hydrogen-bond acceptors (Lipinski definition) is 2. The van der Waals surface area contributed by atoms with Crippen molar-refractivity contribution in [3.8, 4) is 0 Å². The SMILES string of the molecule is CC1=[N+]([O-])C(C)(C)C(c2ccccc2)=N1. The number of aliphatic imine (C=N–C) groups is 1. The van der Waals surface area contributed by atoms with Gasteiger partial charge in [0.1, 0.15) is 0 Å². The molecule has 2 rings (SSSR count). The Kier molecular flexibility index (Phi) is 2.11. The molecule has 1 aromatic rings. The average Bonchev–Trinajstić information content (AvgIpc) is 2.43. The van der Waals surface area contributed by atoms with Gasteiger partial charge >= 0.3 is 0 Å². The van der Waals surface area contributed by atoms with E-state index in [1.807, 2.05) is 44.2 Å². The largest absolute Gasteiger partial charge is 0.714 e. The normalized spacial score (nSPS) is 19.3. The van der Waals surface area contributed by atoms with Gasteiger partial charge in [0.15, 0.2) is 5.54 Å². The van der Waals surface area contributed by atoms with Crippen molar-refractivity contribution in [3.05, 3.63) is 41.1 Å². The molecular weight excluding hydrogens is 188 g/mol. The van der Waals surface area contributed by atoms with Crippen LogP contribution in [0.1, 0.15) is 26.3 Å². The second kappa shape index (κ2) is 3.19. The summed E-state index contributed by atoms with van der Waals surface area (Å²) in [5.41, 5.74) is 1.29. The molecule has 0 bridgehead atoms. The van der Waals surface area contributed by atoms with Crippen LogP contribution in [0.4, 0.5) is 0 Å². The Morgan fingerprint density at radius 3 is 2.27 bits per heavy atom. The van der Waals surface area contributed by atoms with Crippen molar-refractivity contribution in [2.75, 3.05) is 0 Å². The molecule has 0 unspecified atom stereocenters. The summed E-state index contributed by atoms with van der Waals surface area (Å²) < 4.78 is 0.968. The molecule has 0 aromatic heterocycles. The highest BCUT2D eigenvalue weighted by atomic mass is 16.5. The lowest BCUT2D eigenvalue weighted by Crippen LogP contribution is -2.38. The second-order valence-corrected chi connectivity index (χ2v) is 4.23. The number of hydrogen-bond donors (Lipinski definition) is 0. The maximum atomic E-state index is 11.8. The molecule has 1 aliphatic heterocycles. The number of amidine groups is 1. The van der Waals surface area contributed by atoms with Gasteiger partial charge in [-0.2, -0.15) is 0 Å². The molecular formula is C12H14N2O. The van der Waals surface area contributed by atoms with Crippen molar-refractivity contribution in [2.24, 2.45) is 4.99 Å². The molecule has 0 fully saturated rings. The summed E-state index contributed by atoms with van der Waals surface area (Å²) in [6.07, 6.45) is 0. The summed E-state index contributed by atoms with van der Waals surface area (Å²) in [4.78, 5) is 4.34. The minimum atomic E-state index is -0.564. The highest BCUT2D eigenvalue weighted by Crippen LogP contribution is 2.22. The van der Waals surface area contributed by atoms with E-state index in [-0.39, 0.29) is 0 Å². The first-order valence-electron chi connectivity index (χ1n) is 4.99. The van der Waals surface area contributed by atoms with Crippen LogP contribution in [0.5, 0.6) is 0 Å². The predicted octanol–water partition coefficient (Wildman–Crippen LogP) is 2.20. The molecule has 3 heteroatoms. The molecule has 0 N–H and O–H groups in total. The van der Waals surface area contributed by atoms with Gasteiger partial charge < -0.3 is 5.21 Å². The minimum absolute atomic E-state index is 0.527. The molecule has 0 radical (unpaired) electrons. The van der Waals surface area contributed by atoms with Gasteiger partial charge in [-0.25, -0.2) is 0 Å². The smallest absolute Gasteiger partial charge is 0.294 e. The zero-order chi connectivity index (χ0) is 11.1. The van der Waals surface area contributed by atoms with E-state index in [2.05, 4.69) is 4.99 Å². The van der Waals surface area contributed by atoms with E-state index in [1.54, 1.807) is 6.92 Å². The second-order valence-electron chi connectivity index (χ2n) is 4.23. The molecule has 0 amide bonds. The summed E-state index contributed by atoms with van der Waals surface area (Å²) >= 11 is 0. The van der Waals surface area contributed by atoms with Gasteiger partial charge in [0, 0.05) is 12.5 Å². The van der Waals surface area contributed by atoms with E-state index in [9.17, 15) is 5.21 Å². The molecule has 0 atom stereocenters. The van der Waals surface area contributed by atoms with Crippen LogP contribution in [-0.2, 0) is 0 Å². The molecule has 1 aromatic carbocycles. The summed E-state index contributed by atoms with van der Waals surface area (Å²) in [6.45, 7) is 5.52. The van der Waals surface area contributed by atoms with Crippen molar-refractivity contribution in [1.82, 2.24) is 0 Å². The van der Waals surface area contributed by atoms with Gasteiger partial charge in [0.25, 0.3) is 5.84 Å². The highest BCUT2D eigenvalue weighted by molar-refractivity contribution is 6.13. The molecule has 0 saturated carbocycles. The first kappa shape index (κ1) is 9.90. The van der Waals surface area contributed by atoms with Crippen molar-refractivity contribution in [1.29, 1.82) is 0 Å². The molecule has 1 heterocycles. The summed E-state index contributed by atoms with van der Waals surface area (Å²) in [5.74, 6) is 0.527. The summed E-state index contributed by atoms with van der Waals surface area (Å²) in [7, 11) is 0. The zero-order valence-electron chi connectivity index (χ0n) is 9.19. The lowest BCUT2D eigenvalue weighted by atomic mass is 9.93. The molecule has 0 aliphatic carbocycles. The van der Waals surface area contributed by atoms with E-state index in [1.165, 1.54) is 0 Å². The average molecular weight is 202 g/mol. The third-order valence-corrected chi connectivity index (χ3v) is 2.70. The summed E-state index contributed by atoms with van der Waals surface area (Å²) in [5, 5.41) is 11.8. The van der Waals surface area contributed by atoms with Gasteiger partial charge in [-0.1, -0.05) is 30.3 Å². The van der Waals surface area contributed by atoms with Gasteiger partial charge in [0.2, 0.25) is 5.71 Å². The predicted molar refractivity (Wildman–Crippen MR) is 61.4 cm³/mol. The zero-order valence-corrected chi connectivity index (χ0v) is 9.19. The number of nitrogens with zero attached hydrogens (tertiary/aromatic N) is 2. The van der Waals surface area contributed by atoms with Crippen molar-refractivity contribution >= 4 is 11.5 Å². The van der Waals surface area contributed by atoms with Crippen molar-refractivity contribution < 1.29 is 4.74 Å². The van der Waals surface area contributed by atoms with Gasteiger partial charge in [-0.05, 0) is 18.8 Å². The third-order valence-electron chi connectivity index (χ3n) is 2.70.